The van der Waals surface area contributed by atoms with E-state index in [4.69, 9.17) is 10.5 Å². The molecule has 28 heavy (non-hydrogen) atoms. The van der Waals surface area contributed by atoms with Gasteiger partial charge in [0.05, 0.1) is 5.69 Å². The van der Waals surface area contributed by atoms with Gasteiger partial charge in [-0.1, -0.05) is 30.3 Å². The summed E-state index contributed by atoms with van der Waals surface area (Å²) in [7, 11) is 0. The summed E-state index contributed by atoms with van der Waals surface area (Å²) in [5.41, 5.74) is 8.68. The average Bonchev–Trinajstić information content (AvgIpc) is 3.02. The number of nitrogens with one attached hydrogen (secondary N) is 2. The second kappa shape index (κ2) is 10.6. The molecule has 0 aliphatic heterocycles. The van der Waals surface area contributed by atoms with E-state index in [1.165, 1.54) is 10.9 Å². The number of aliphatic hydroxyl groups excluding tert-OH is 1. The maximum atomic E-state index is 10.2. The molecule has 0 aliphatic rings. The van der Waals surface area contributed by atoms with Crippen LogP contribution in [-0.4, -0.2) is 34.9 Å². The van der Waals surface area contributed by atoms with E-state index in [0.717, 1.165) is 11.9 Å². The smallest absolute Gasteiger partial charge is 0.142 e. The number of rotatable bonds is 8. The van der Waals surface area contributed by atoms with Gasteiger partial charge in [-0.2, -0.15) is 0 Å². The highest BCUT2D eigenvalue weighted by Gasteiger charge is 2.21. The van der Waals surface area contributed by atoms with Gasteiger partial charge in [-0.25, -0.2) is 0 Å². The zero-order valence-electron chi connectivity index (χ0n) is 16.1. The quantitative estimate of drug-likeness (QED) is 0.411. The molecule has 0 spiro atoms. The number of hydrogen-bond acceptors (Lipinski definition) is 4. The van der Waals surface area contributed by atoms with Crippen molar-refractivity contribution < 1.29 is 9.84 Å². The lowest BCUT2D eigenvalue weighted by Gasteiger charge is -2.28. The predicted octanol–water partition coefficient (Wildman–Crippen LogP) is 3.94. The molecule has 0 saturated heterocycles. The SMILES string of the molecule is CC(C)(Cc1c[nH]c2ccccc12)NCC(O)COc1ccccc1N.Cl.Cl. The molecule has 0 amide bonds. The van der Waals surface area contributed by atoms with Crippen molar-refractivity contribution >= 4 is 41.4 Å². The summed E-state index contributed by atoms with van der Waals surface area (Å²) in [6.45, 7) is 4.92. The maximum absolute atomic E-state index is 10.2. The van der Waals surface area contributed by atoms with Gasteiger partial charge < -0.3 is 25.9 Å². The predicted molar refractivity (Wildman–Crippen MR) is 121 cm³/mol. The summed E-state index contributed by atoms with van der Waals surface area (Å²) in [5.74, 6) is 0.601. The molecule has 5 nitrogen and oxygen atoms in total. The van der Waals surface area contributed by atoms with Crippen molar-refractivity contribution in [2.75, 3.05) is 18.9 Å². The molecule has 1 aromatic heterocycles. The van der Waals surface area contributed by atoms with Crippen molar-refractivity contribution in [2.24, 2.45) is 0 Å². The van der Waals surface area contributed by atoms with Crippen LogP contribution in [0.4, 0.5) is 5.69 Å². The van der Waals surface area contributed by atoms with Gasteiger partial charge in [-0.15, -0.1) is 24.8 Å². The van der Waals surface area contributed by atoms with Gasteiger partial charge in [0, 0.05) is 29.2 Å². The Bertz CT molecular complexity index is 867. The number of H-pyrrole nitrogens is 1. The molecule has 0 aliphatic carbocycles. The van der Waals surface area contributed by atoms with Crippen molar-refractivity contribution in [1.29, 1.82) is 0 Å². The van der Waals surface area contributed by atoms with E-state index in [-0.39, 0.29) is 37.0 Å². The second-order valence-electron chi connectivity index (χ2n) is 7.30. The Balaban J connectivity index is 0.00000196. The van der Waals surface area contributed by atoms with Crippen LogP contribution in [0.1, 0.15) is 19.4 Å². The van der Waals surface area contributed by atoms with E-state index in [0.29, 0.717) is 18.0 Å². The van der Waals surface area contributed by atoms with Crippen LogP contribution >= 0.6 is 24.8 Å². The first kappa shape index (κ1) is 24.1. The number of para-hydroxylation sites is 3. The van der Waals surface area contributed by atoms with Gasteiger partial charge in [0.2, 0.25) is 0 Å². The molecule has 3 aromatic rings. The maximum Gasteiger partial charge on any atom is 0.142 e. The number of fused-ring (bicyclic) bond motifs is 1. The Morgan fingerprint density at radius 3 is 2.54 bits per heavy atom. The van der Waals surface area contributed by atoms with Crippen LogP contribution in [0.5, 0.6) is 5.75 Å². The molecular formula is C21H29Cl2N3O2. The first-order valence-corrected chi connectivity index (χ1v) is 8.90. The standard InChI is InChI=1S/C21H27N3O2.2ClH/c1-21(2,11-15-12-23-19-9-5-3-7-17(15)19)24-13-16(25)14-26-20-10-6-4-8-18(20)22;;/h3-10,12,16,23-25H,11,13-14,22H2,1-2H3;2*1H. The lowest BCUT2D eigenvalue weighted by Crippen LogP contribution is -2.46. The van der Waals surface area contributed by atoms with E-state index in [1.54, 1.807) is 12.1 Å². The molecule has 1 heterocycles. The van der Waals surface area contributed by atoms with Crippen molar-refractivity contribution in [1.82, 2.24) is 10.3 Å². The number of hydrogen-bond donors (Lipinski definition) is 4. The Hall–Kier alpha value is -1.92. The van der Waals surface area contributed by atoms with Crippen molar-refractivity contribution in [3.05, 3.63) is 60.3 Å². The minimum atomic E-state index is -0.614. The Morgan fingerprint density at radius 2 is 1.79 bits per heavy atom. The fourth-order valence-electron chi connectivity index (χ4n) is 3.07. The van der Waals surface area contributed by atoms with Gasteiger partial charge in [-0.3, -0.25) is 0 Å². The Labute approximate surface area is 178 Å². The monoisotopic (exact) mass is 425 g/mol. The summed E-state index contributed by atoms with van der Waals surface area (Å²) >= 11 is 0. The highest BCUT2D eigenvalue weighted by molar-refractivity contribution is 5.85. The van der Waals surface area contributed by atoms with Crippen molar-refractivity contribution in [3.8, 4) is 5.75 Å². The number of β-amino-alcohol motifs (C(OH)–C–C–N with tert-alkyl or cyclic N) is 1. The number of aromatic nitrogens is 1. The van der Waals surface area contributed by atoms with Crippen LogP contribution in [0.15, 0.2) is 54.7 Å². The minimum Gasteiger partial charge on any atom is -0.489 e. The largest absolute Gasteiger partial charge is 0.489 e. The third kappa shape index (κ3) is 6.31. The van der Waals surface area contributed by atoms with Crippen LogP contribution in [-0.2, 0) is 6.42 Å². The normalized spacial score (nSPS) is 12.1. The molecule has 5 N–H and O–H groups in total. The first-order valence-electron chi connectivity index (χ1n) is 8.90. The highest BCUT2D eigenvalue weighted by Crippen LogP contribution is 2.22. The zero-order valence-corrected chi connectivity index (χ0v) is 17.8. The summed E-state index contributed by atoms with van der Waals surface area (Å²) in [5, 5.41) is 14.9. The van der Waals surface area contributed by atoms with Gasteiger partial charge in [-0.05, 0) is 44.0 Å². The summed E-state index contributed by atoms with van der Waals surface area (Å²) in [6, 6.07) is 15.6. The molecule has 0 fully saturated rings. The van der Waals surface area contributed by atoms with Crippen LogP contribution in [0.25, 0.3) is 10.9 Å². The molecular weight excluding hydrogens is 397 g/mol. The van der Waals surface area contributed by atoms with E-state index in [9.17, 15) is 5.11 Å². The summed E-state index contributed by atoms with van der Waals surface area (Å²) in [6.07, 6.45) is 2.30. The Kier molecular flexibility index (Phi) is 9.11. The Morgan fingerprint density at radius 1 is 1.11 bits per heavy atom. The van der Waals surface area contributed by atoms with Crippen LogP contribution in [0, 0.1) is 0 Å². The van der Waals surface area contributed by atoms with Gasteiger partial charge >= 0.3 is 0 Å². The van der Waals surface area contributed by atoms with E-state index >= 15 is 0 Å². The summed E-state index contributed by atoms with van der Waals surface area (Å²) < 4.78 is 5.61. The van der Waals surface area contributed by atoms with E-state index in [2.05, 4.69) is 48.5 Å². The molecule has 0 radical (unpaired) electrons. The van der Waals surface area contributed by atoms with Gasteiger partial charge in [0.1, 0.15) is 18.5 Å². The van der Waals surface area contributed by atoms with Crippen LogP contribution in [0.3, 0.4) is 0 Å². The fraction of sp³-hybridized carbons (Fsp3) is 0.333. The van der Waals surface area contributed by atoms with E-state index in [1.807, 2.05) is 18.2 Å². The van der Waals surface area contributed by atoms with Crippen molar-refractivity contribution in [3.63, 3.8) is 0 Å². The highest BCUT2D eigenvalue weighted by atomic mass is 35.5. The van der Waals surface area contributed by atoms with Crippen LogP contribution in [0.2, 0.25) is 0 Å². The fourth-order valence-corrected chi connectivity index (χ4v) is 3.07. The molecule has 3 rings (SSSR count). The number of anilines is 1. The number of aliphatic hydroxyl groups is 1. The van der Waals surface area contributed by atoms with Crippen molar-refractivity contribution in [2.45, 2.75) is 31.9 Å². The molecule has 154 valence electrons. The third-order valence-electron chi connectivity index (χ3n) is 4.47. The molecule has 0 saturated carbocycles. The molecule has 0 bridgehead atoms. The molecule has 2 aromatic carbocycles. The number of benzene rings is 2. The van der Waals surface area contributed by atoms with Gasteiger partial charge in [0.25, 0.3) is 0 Å². The minimum absolute atomic E-state index is 0. The van der Waals surface area contributed by atoms with Crippen LogP contribution < -0.4 is 15.8 Å². The first-order chi connectivity index (χ1) is 12.4. The second-order valence-corrected chi connectivity index (χ2v) is 7.30. The number of ether oxygens (including phenoxy) is 1. The molecule has 1 unspecified atom stereocenters. The number of halogens is 2. The van der Waals surface area contributed by atoms with E-state index < -0.39 is 6.10 Å². The lowest BCUT2D eigenvalue weighted by atomic mass is 9.94. The number of nitrogen functional groups attached to an aromatic ring is 1. The lowest BCUT2D eigenvalue weighted by molar-refractivity contribution is 0.0992. The topological polar surface area (TPSA) is 83.3 Å². The number of aromatic amines is 1. The molecule has 7 heteroatoms. The molecule has 1 atom stereocenters. The van der Waals surface area contributed by atoms with Gasteiger partial charge in [0.15, 0.2) is 0 Å². The number of nitrogens with two attached hydrogens (primary N) is 1. The third-order valence-corrected chi connectivity index (χ3v) is 4.47. The zero-order chi connectivity index (χ0) is 18.6. The average molecular weight is 426 g/mol. The summed E-state index contributed by atoms with van der Waals surface area (Å²) in [4.78, 5) is 3.31.